The molecule has 2 aromatic rings. The largest absolute Gasteiger partial charge is 0.486 e. The first kappa shape index (κ1) is 11.8. The number of nitrogens with zero attached hydrogens (tertiary/aromatic N) is 2. The van der Waals surface area contributed by atoms with Gasteiger partial charge in [0.2, 0.25) is 0 Å². The third-order valence-electron chi connectivity index (χ3n) is 4.00. The van der Waals surface area contributed by atoms with Gasteiger partial charge in [-0.3, -0.25) is 0 Å². The third kappa shape index (κ3) is 1.78. The number of anilines is 1. The van der Waals surface area contributed by atoms with E-state index < -0.39 is 0 Å². The summed E-state index contributed by atoms with van der Waals surface area (Å²) >= 11 is 0. The first-order valence-corrected chi connectivity index (χ1v) is 6.98. The maximum absolute atomic E-state index is 5.69. The van der Waals surface area contributed by atoms with Crippen LogP contribution in [0.3, 0.4) is 0 Å². The van der Waals surface area contributed by atoms with Crippen LogP contribution in [-0.4, -0.2) is 37.8 Å². The van der Waals surface area contributed by atoms with Gasteiger partial charge < -0.3 is 20.1 Å². The number of benzene rings is 1. The van der Waals surface area contributed by atoms with E-state index in [0.717, 1.165) is 47.7 Å². The average molecular weight is 271 g/mol. The molecule has 1 aromatic heterocycles. The zero-order valence-corrected chi connectivity index (χ0v) is 11.2. The van der Waals surface area contributed by atoms with Gasteiger partial charge in [0.05, 0.1) is 0 Å². The van der Waals surface area contributed by atoms with Crippen LogP contribution < -0.4 is 20.1 Å². The van der Waals surface area contributed by atoms with Crippen LogP contribution in [0.2, 0.25) is 0 Å². The Balaban J connectivity index is 1.77. The second-order valence-electron chi connectivity index (χ2n) is 5.36. The maximum Gasteiger partial charge on any atom is 0.162 e. The minimum atomic E-state index is 0.587. The van der Waals surface area contributed by atoms with Crippen LogP contribution in [0.1, 0.15) is 0 Å². The Morgan fingerprint density at radius 2 is 1.95 bits per heavy atom. The quantitative estimate of drug-likeness (QED) is 0.894. The van der Waals surface area contributed by atoms with E-state index >= 15 is 0 Å². The molecule has 2 aliphatic rings. The predicted octanol–water partition coefficient (Wildman–Crippen LogP) is 1.40. The Bertz CT molecular complexity index is 653. The number of rotatable bonds is 2. The molecule has 0 bridgehead atoms. The van der Waals surface area contributed by atoms with E-state index in [4.69, 9.17) is 15.2 Å². The summed E-state index contributed by atoms with van der Waals surface area (Å²) in [4.78, 5) is 6.81. The van der Waals surface area contributed by atoms with Crippen molar-refractivity contribution >= 4 is 16.6 Å². The van der Waals surface area contributed by atoms with E-state index in [0.29, 0.717) is 19.1 Å². The molecule has 2 N–H and O–H groups in total. The molecule has 2 aliphatic heterocycles. The van der Waals surface area contributed by atoms with Crippen molar-refractivity contribution in [2.24, 2.45) is 11.7 Å². The number of nitrogens with two attached hydrogens (primary N) is 1. The van der Waals surface area contributed by atoms with Crippen molar-refractivity contribution < 1.29 is 9.47 Å². The van der Waals surface area contributed by atoms with Crippen LogP contribution in [0.4, 0.5) is 5.82 Å². The van der Waals surface area contributed by atoms with Crippen molar-refractivity contribution in [3.8, 4) is 11.5 Å². The molecular weight excluding hydrogens is 254 g/mol. The lowest BCUT2D eigenvalue weighted by atomic mass is 9.99. The zero-order valence-electron chi connectivity index (χ0n) is 11.2. The maximum atomic E-state index is 5.69. The van der Waals surface area contributed by atoms with Gasteiger partial charge >= 0.3 is 0 Å². The summed E-state index contributed by atoms with van der Waals surface area (Å²) in [6, 6.07) is 6.09. The van der Waals surface area contributed by atoms with Crippen LogP contribution in [0.5, 0.6) is 11.5 Å². The number of ether oxygens (including phenoxy) is 2. The summed E-state index contributed by atoms with van der Waals surface area (Å²) in [6.07, 6.45) is 1.85. The highest BCUT2D eigenvalue weighted by molar-refractivity contribution is 5.95. The second-order valence-corrected chi connectivity index (χ2v) is 5.36. The molecule has 1 saturated heterocycles. The van der Waals surface area contributed by atoms with Crippen molar-refractivity contribution in [3.05, 3.63) is 24.4 Å². The zero-order chi connectivity index (χ0) is 13.5. The fraction of sp³-hybridized carbons (Fsp3) is 0.400. The number of hydrogen-bond acceptors (Lipinski definition) is 5. The molecule has 5 heteroatoms. The average Bonchev–Trinajstić information content (AvgIpc) is 2.44. The van der Waals surface area contributed by atoms with Gasteiger partial charge in [-0.1, -0.05) is 0 Å². The van der Waals surface area contributed by atoms with Gasteiger partial charge in [0.15, 0.2) is 11.5 Å². The molecule has 0 atom stereocenters. The van der Waals surface area contributed by atoms with Gasteiger partial charge in [0, 0.05) is 30.6 Å². The Hall–Kier alpha value is -2.01. The third-order valence-corrected chi connectivity index (χ3v) is 4.00. The van der Waals surface area contributed by atoms with Crippen molar-refractivity contribution in [2.75, 3.05) is 37.7 Å². The van der Waals surface area contributed by atoms with Crippen molar-refractivity contribution in [3.63, 3.8) is 0 Å². The van der Waals surface area contributed by atoms with Crippen molar-refractivity contribution in [1.29, 1.82) is 0 Å². The lowest BCUT2D eigenvalue weighted by molar-refractivity contribution is 0.172. The fourth-order valence-electron chi connectivity index (χ4n) is 2.84. The van der Waals surface area contributed by atoms with Gasteiger partial charge in [-0.2, -0.15) is 0 Å². The molecule has 0 unspecified atom stereocenters. The SMILES string of the molecule is NCC1CN(c2nccc3cc4c(cc23)OCCO4)C1. The van der Waals surface area contributed by atoms with Gasteiger partial charge in [-0.25, -0.2) is 4.98 Å². The molecule has 0 amide bonds. The summed E-state index contributed by atoms with van der Waals surface area (Å²) < 4.78 is 11.3. The fourth-order valence-corrected chi connectivity index (χ4v) is 2.84. The summed E-state index contributed by atoms with van der Waals surface area (Å²) in [7, 11) is 0. The summed E-state index contributed by atoms with van der Waals surface area (Å²) in [6.45, 7) is 3.93. The van der Waals surface area contributed by atoms with Crippen molar-refractivity contribution in [1.82, 2.24) is 4.98 Å². The molecule has 1 aromatic carbocycles. The van der Waals surface area contributed by atoms with Crippen molar-refractivity contribution in [2.45, 2.75) is 0 Å². The number of aromatic nitrogens is 1. The number of fused-ring (bicyclic) bond motifs is 2. The second kappa shape index (κ2) is 4.52. The molecular formula is C15H17N3O2. The van der Waals surface area contributed by atoms with E-state index in [1.54, 1.807) is 0 Å². The summed E-state index contributed by atoms with van der Waals surface area (Å²) in [5, 5.41) is 2.25. The predicted molar refractivity (Wildman–Crippen MR) is 77.5 cm³/mol. The molecule has 0 aliphatic carbocycles. The number of hydrogen-bond donors (Lipinski definition) is 1. The molecule has 0 saturated carbocycles. The van der Waals surface area contributed by atoms with Crippen LogP contribution >= 0.6 is 0 Å². The summed E-state index contributed by atoms with van der Waals surface area (Å²) in [5.74, 6) is 3.24. The molecule has 0 radical (unpaired) electrons. The monoisotopic (exact) mass is 271 g/mol. The van der Waals surface area contributed by atoms with E-state index in [1.165, 1.54) is 0 Å². The minimum absolute atomic E-state index is 0.587. The molecule has 0 spiro atoms. The van der Waals surface area contributed by atoms with E-state index in [9.17, 15) is 0 Å². The standard InChI is InChI=1S/C15H17N3O2/c16-7-10-8-18(9-10)15-12-6-14-13(19-3-4-20-14)5-11(12)1-2-17-15/h1-2,5-6,10H,3-4,7-9,16H2. The number of pyridine rings is 1. The molecule has 1 fully saturated rings. The highest BCUT2D eigenvalue weighted by atomic mass is 16.6. The Morgan fingerprint density at radius 1 is 1.20 bits per heavy atom. The van der Waals surface area contributed by atoms with Gasteiger partial charge in [0.1, 0.15) is 19.0 Å². The van der Waals surface area contributed by atoms with Crippen LogP contribution in [-0.2, 0) is 0 Å². The first-order chi connectivity index (χ1) is 9.85. The Labute approximate surface area is 117 Å². The minimum Gasteiger partial charge on any atom is -0.486 e. The van der Waals surface area contributed by atoms with Crippen LogP contribution in [0.15, 0.2) is 24.4 Å². The van der Waals surface area contributed by atoms with Gasteiger partial charge in [-0.15, -0.1) is 0 Å². The topological polar surface area (TPSA) is 60.6 Å². The molecule has 4 rings (SSSR count). The lowest BCUT2D eigenvalue weighted by Gasteiger charge is -2.40. The Kier molecular flexibility index (Phi) is 2.67. The van der Waals surface area contributed by atoms with E-state index in [-0.39, 0.29) is 0 Å². The smallest absolute Gasteiger partial charge is 0.162 e. The summed E-state index contributed by atoms with van der Waals surface area (Å²) in [5.41, 5.74) is 5.69. The van der Waals surface area contributed by atoms with Gasteiger partial charge in [0.25, 0.3) is 0 Å². The van der Waals surface area contributed by atoms with E-state index in [2.05, 4.69) is 9.88 Å². The van der Waals surface area contributed by atoms with Crippen LogP contribution in [0.25, 0.3) is 10.8 Å². The normalized spacial score (nSPS) is 18.1. The highest BCUT2D eigenvalue weighted by Crippen LogP contribution is 2.38. The molecule has 104 valence electrons. The van der Waals surface area contributed by atoms with Crippen LogP contribution in [0, 0.1) is 5.92 Å². The lowest BCUT2D eigenvalue weighted by Crippen LogP contribution is -2.50. The van der Waals surface area contributed by atoms with E-state index in [1.807, 2.05) is 24.4 Å². The molecule has 20 heavy (non-hydrogen) atoms. The Morgan fingerprint density at radius 3 is 2.70 bits per heavy atom. The first-order valence-electron chi connectivity index (χ1n) is 6.98. The highest BCUT2D eigenvalue weighted by Gasteiger charge is 2.28. The van der Waals surface area contributed by atoms with Gasteiger partial charge in [-0.05, 0) is 30.1 Å². The molecule has 3 heterocycles. The molecule has 5 nitrogen and oxygen atoms in total.